The molecule has 1 N–H and O–H groups in total. The number of benzene rings is 2. The van der Waals surface area contributed by atoms with E-state index in [2.05, 4.69) is 21.2 Å². The minimum atomic E-state index is -0.870. The molecule has 0 saturated heterocycles. The maximum absolute atomic E-state index is 13.4. The molecule has 0 bridgehead atoms. The maximum Gasteiger partial charge on any atom is 0.159 e. The lowest BCUT2D eigenvalue weighted by molar-refractivity contribution is 0.500. The molecule has 1 unspecified atom stereocenters. The summed E-state index contributed by atoms with van der Waals surface area (Å²) in [4.78, 5) is 0. The van der Waals surface area contributed by atoms with Gasteiger partial charge in [-0.3, -0.25) is 0 Å². The molecule has 1 nitrogen and oxygen atoms in total. The average Bonchev–Trinajstić information content (AvgIpc) is 2.43. The van der Waals surface area contributed by atoms with E-state index in [0.29, 0.717) is 16.6 Å². The van der Waals surface area contributed by atoms with Crippen molar-refractivity contribution in [1.82, 2.24) is 5.32 Å². The van der Waals surface area contributed by atoms with Gasteiger partial charge in [-0.2, -0.15) is 0 Å². The number of hydrogen-bond acceptors (Lipinski definition) is 1. The molecule has 0 aliphatic rings. The van der Waals surface area contributed by atoms with Crippen LogP contribution in [0.3, 0.4) is 0 Å². The fraction of sp³-hybridized carbons (Fsp3) is 0.200. The van der Waals surface area contributed by atoms with Crippen molar-refractivity contribution in [2.24, 2.45) is 0 Å². The molecular formula is C15H13BrF3N. The van der Waals surface area contributed by atoms with Gasteiger partial charge in [-0.25, -0.2) is 13.2 Å². The molecule has 0 aromatic heterocycles. The van der Waals surface area contributed by atoms with Crippen LogP contribution in [0.4, 0.5) is 13.2 Å². The quantitative estimate of drug-likeness (QED) is 0.847. The Morgan fingerprint density at radius 2 is 1.75 bits per heavy atom. The van der Waals surface area contributed by atoms with Gasteiger partial charge in [0.05, 0.1) is 4.47 Å². The molecule has 0 heterocycles. The molecule has 5 heteroatoms. The summed E-state index contributed by atoms with van der Waals surface area (Å²) in [7, 11) is 0. The largest absolute Gasteiger partial charge is 0.306 e. The van der Waals surface area contributed by atoms with E-state index in [9.17, 15) is 13.2 Å². The normalized spacial score (nSPS) is 12.4. The van der Waals surface area contributed by atoms with Crippen molar-refractivity contribution in [3.8, 4) is 0 Å². The van der Waals surface area contributed by atoms with E-state index in [-0.39, 0.29) is 11.9 Å². The van der Waals surface area contributed by atoms with Gasteiger partial charge in [0.1, 0.15) is 5.82 Å². The van der Waals surface area contributed by atoms with E-state index < -0.39 is 11.6 Å². The molecule has 0 spiro atoms. The van der Waals surface area contributed by atoms with Gasteiger partial charge >= 0.3 is 0 Å². The summed E-state index contributed by atoms with van der Waals surface area (Å²) in [6.07, 6.45) is 0. The molecule has 106 valence electrons. The zero-order chi connectivity index (χ0) is 14.7. The first-order valence-corrected chi connectivity index (χ1v) is 6.89. The van der Waals surface area contributed by atoms with Crippen LogP contribution in [0.2, 0.25) is 0 Å². The summed E-state index contributed by atoms with van der Waals surface area (Å²) in [5.74, 6) is -2.06. The first kappa shape index (κ1) is 15.1. The first-order valence-electron chi connectivity index (χ1n) is 6.09. The molecule has 0 aliphatic heterocycles. The van der Waals surface area contributed by atoms with Crippen molar-refractivity contribution in [2.45, 2.75) is 19.5 Å². The number of hydrogen-bond donors (Lipinski definition) is 1. The van der Waals surface area contributed by atoms with Gasteiger partial charge < -0.3 is 5.32 Å². The Morgan fingerprint density at radius 3 is 2.40 bits per heavy atom. The predicted molar refractivity (Wildman–Crippen MR) is 75.7 cm³/mol. The van der Waals surface area contributed by atoms with Crippen LogP contribution in [0.15, 0.2) is 40.9 Å². The van der Waals surface area contributed by atoms with E-state index in [1.165, 1.54) is 12.1 Å². The summed E-state index contributed by atoms with van der Waals surface area (Å²) >= 11 is 3.09. The van der Waals surface area contributed by atoms with Crippen molar-refractivity contribution in [3.63, 3.8) is 0 Å². The van der Waals surface area contributed by atoms with E-state index in [4.69, 9.17) is 0 Å². The fourth-order valence-corrected chi connectivity index (χ4v) is 2.07. The Kier molecular flexibility index (Phi) is 4.83. The van der Waals surface area contributed by atoms with Crippen molar-refractivity contribution < 1.29 is 13.2 Å². The van der Waals surface area contributed by atoms with Crippen molar-refractivity contribution in [2.75, 3.05) is 0 Å². The van der Waals surface area contributed by atoms with Crippen LogP contribution in [0.5, 0.6) is 0 Å². The Bertz CT molecular complexity index is 616. The monoisotopic (exact) mass is 343 g/mol. The topological polar surface area (TPSA) is 12.0 Å². The summed E-state index contributed by atoms with van der Waals surface area (Å²) < 4.78 is 39.8. The minimum absolute atomic E-state index is 0.170. The Labute approximate surface area is 123 Å². The van der Waals surface area contributed by atoms with Crippen molar-refractivity contribution in [1.29, 1.82) is 0 Å². The molecule has 2 aromatic rings. The lowest BCUT2D eigenvalue weighted by Gasteiger charge is -2.14. The second kappa shape index (κ2) is 6.41. The summed E-state index contributed by atoms with van der Waals surface area (Å²) in [6, 6.07) is 8.47. The zero-order valence-corrected chi connectivity index (χ0v) is 12.3. The fourth-order valence-electron chi connectivity index (χ4n) is 1.82. The highest BCUT2D eigenvalue weighted by Crippen LogP contribution is 2.19. The van der Waals surface area contributed by atoms with Gasteiger partial charge in [0.15, 0.2) is 11.6 Å². The van der Waals surface area contributed by atoms with Crippen LogP contribution in [-0.4, -0.2) is 0 Å². The maximum atomic E-state index is 13.4. The van der Waals surface area contributed by atoms with Crippen LogP contribution >= 0.6 is 15.9 Å². The van der Waals surface area contributed by atoms with Gasteiger partial charge in [-0.05, 0) is 58.2 Å². The number of nitrogens with one attached hydrogen (secondary N) is 1. The third-order valence-corrected chi connectivity index (χ3v) is 3.68. The molecule has 1 atom stereocenters. The van der Waals surface area contributed by atoms with E-state index in [0.717, 1.165) is 17.7 Å². The smallest absolute Gasteiger partial charge is 0.159 e. The molecule has 0 saturated carbocycles. The van der Waals surface area contributed by atoms with Crippen LogP contribution < -0.4 is 5.32 Å². The van der Waals surface area contributed by atoms with Crippen LogP contribution in [0.25, 0.3) is 0 Å². The molecule has 20 heavy (non-hydrogen) atoms. The molecule has 2 aromatic carbocycles. The second-order valence-electron chi connectivity index (χ2n) is 4.52. The van der Waals surface area contributed by atoms with E-state index in [1.54, 1.807) is 12.1 Å². The zero-order valence-electron chi connectivity index (χ0n) is 10.8. The number of rotatable bonds is 4. The highest BCUT2D eigenvalue weighted by Gasteiger charge is 2.09. The van der Waals surface area contributed by atoms with Crippen LogP contribution in [0.1, 0.15) is 24.1 Å². The molecule has 0 aliphatic carbocycles. The minimum Gasteiger partial charge on any atom is -0.306 e. The van der Waals surface area contributed by atoms with Gasteiger partial charge in [-0.15, -0.1) is 0 Å². The lowest BCUT2D eigenvalue weighted by atomic mass is 10.1. The molecule has 0 fully saturated rings. The standard InChI is InChI=1S/C15H13BrF3N/c1-9(11-3-5-13(17)15(19)7-11)20-8-10-2-4-12(16)14(18)6-10/h2-7,9,20H,8H2,1H3. The van der Waals surface area contributed by atoms with E-state index >= 15 is 0 Å². The molecule has 2 rings (SSSR count). The van der Waals surface area contributed by atoms with Gasteiger partial charge in [0.2, 0.25) is 0 Å². The van der Waals surface area contributed by atoms with E-state index in [1.807, 2.05) is 6.92 Å². The Hall–Kier alpha value is -1.33. The highest BCUT2D eigenvalue weighted by molar-refractivity contribution is 9.10. The first-order chi connectivity index (χ1) is 9.47. The molecule has 0 amide bonds. The average molecular weight is 344 g/mol. The third kappa shape index (κ3) is 3.61. The van der Waals surface area contributed by atoms with Gasteiger partial charge in [-0.1, -0.05) is 12.1 Å². The molecule has 0 radical (unpaired) electrons. The Morgan fingerprint density at radius 1 is 1.00 bits per heavy atom. The highest BCUT2D eigenvalue weighted by atomic mass is 79.9. The van der Waals surface area contributed by atoms with Crippen molar-refractivity contribution in [3.05, 3.63) is 69.4 Å². The van der Waals surface area contributed by atoms with Gasteiger partial charge in [0.25, 0.3) is 0 Å². The third-order valence-electron chi connectivity index (χ3n) is 3.04. The predicted octanol–water partition coefficient (Wildman–Crippen LogP) is 4.72. The SMILES string of the molecule is CC(NCc1ccc(Br)c(F)c1)c1ccc(F)c(F)c1. The second-order valence-corrected chi connectivity index (χ2v) is 5.38. The Balaban J connectivity index is 2.02. The van der Waals surface area contributed by atoms with Crippen LogP contribution in [0, 0.1) is 17.5 Å². The van der Waals surface area contributed by atoms with Crippen molar-refractivity contribution >= 4 is 15.9 Å². The van der Waals surface area contributed by atoms with Crippen LogP contribution in [-0.2, 0) is 6.54 Å². The lowest BCUT2D eigenvalue weighted by Crippen LogP contribution is -2.18. The number of halogens is 4. The van der Waals surface area contributed by atoms with Gasteiger partial charge in [0, 0.05) is 12.6 Å². The molecular weight excluding hydrogens is 331 g/mol. The summed E-state index contributed by atoms with van der Waals surface area (Å²) in [5, 5.41) is 3.14. The summed E-state index contributed by atoms with van der Waals surface area (Å²) in [5.41, 5.74) is 1.42. The summed E-state index contributed by atoms with van der Waals surface area (Å²) in [6.45, 7) is 2.27.